The number of pyridine rings is 1. The van der Waals surface area contributed by atoms with Crippen LogP contribution in [-0.4, -0.2) is 10.9 Å². The van der Waals surface area contributed by atoms with Gasteiger partial charge in [-0.15, -0.1) is 0 Å². The summed E-state index contributed by atoms with van der Waals surface area (Å²) in [4.78, 5) is 28.1. The van der Waals surface area contributed by atoms with Crippen molar-refractivity contribution in [3.05, 3.63) is 74.3 Å². The van der Waals surface area contributed by atoms with E-state index in [9.17, 15) is 9.59 Å². The number of carbonyl (C=O) groups excluding carboxylic acids is 1. The van der Waals surface area contributed by atoms with Crippen LogP contribution in [0.4, 0.5) is 0 Å². The van der Waals surface area contributed by atoms with Crippen LogP contribution in [0.25, 0.3) is 11.0 Å². The summed E-state index contributed by atoms with van der Waals surface area (Å²) in [7, 11) is 0. The second-order valence-electron chi connectivity index (χ2n) is 4.80. The molecule has 7 heteroatoms. The smallest absolute Gasteiger partial charge is 0.349 e. The standard InChI is InChI=1S/C16H10Cl2N2O3/c17-11-4-10-5-12(16(22)23-14(10)13(18)6-11)15(21)20-8-9-2-1-3-19-7-9/h1-7H,8H2,(H,20,21). The summed E-state index contributed by atoms with van der Waals surface area (Å²) in [5.41, 5.74) is 0.145. The lowest BCUT2D eigenvalue weighted by molar-refractivity contribution is 0.0947. The molecule has 0 fully saturated rings. The number of benzene rings is 1. The van der Waals surface area contributed by atoms with E-state index in [1.54, 1.807) is 24.5 Å². The fourth-order valence-electron chi connectivity index (χ4n) is 2.10. The van der Waals surface area contributed by atoms with Crippen molar-refractivity contribution in [3.8, 4) is 0 Å². The van der Waals surface area contributed by atoms with Gasteiger partial charge in [-0.1, -0.05) is 29.3 Å². The van der Waals surface area contributed by atoms with Gasteiger partial charge in [-0.2, -0.15) is 0 Å². The Labute approximate surface area is 140 Å². The summed E-state index contributed by atoms with van der Waals surface area (Å²) in [6.07, 6.45) is 3.26. The van der Waals surface area contributed by atoms with Crippen LogP contribution in [-0.2, 0) is 6.54 Å². The Morgan fingerprint density at radius 2 is 2.09 bits per heavy atom. The number of carbonyl (C=O) groups is 1. The minimum atomic E-state index is -0.759. The van der Waals surface area contributed by atoms with Crippen LogP contribution in [0.3, 0.4) is 0 Å². The Hall–Kier alpha value is -2.37. The Morgan fingerprint density at radius 1 is 1.26 bits per heavy atom. The third kappa shape index (κ3) is 3.36. The third-order valence-electron chi connectivity index (χ3n) is 3.17. The van der Waals surface area contributed by atoms with E-state index in [2.05, 4.69) is 10.3 Å². The molecule has 1 N–H and O–H groups in total. The molecule has 3 aromatic rings. The van der Waals surface area contributed by atoms with Crippen LogP contribution < -0.4 is 10.9 Å². The highest BCUT2D eigenvalue weighted by Gasteiger charge is 2.15. The molecule has 0 radical (unpaired) electrons. The van der Waals surface area contributed by atoms with Crippen LogP contribution in [0.15, 0.2) is 51.9 Å². The van der Waals surface area contributed by atoms with Gasteiger partial charge in [-0.25, -0.2) is 4.79 Å². The third-order valence-corrected chi connectivity index (χ3v) is 3.67. The number of nitrogens with one attached hydrogen (secondary N) is 1. The molecule has 2 aromatic heterocycles. The van der Waals surface area contributed by atoms with Crippen LogP contribution in [0.2, 0.25) is 10.0 Å². The predicted octanol–water partition coefficient (Wildman–Crippen LogP) is 3.42. The van der Waals surface area contributed by atoms with Gasteiger partial charge in [0.2, 0.25) is 0 Å². The average molecular weight is 349 g/mol. The highest BCUT2D eigenvalue weighted by atomic mass is 35.5. The minimum Gasteiger partial charge on any atom is -0.421 e. The second-order valence-corrected chi connectivity index (χ2v) is 5.64. The van der Waals surface area contributed by atoms with Crippen molar-refractivity contribution in [1.82, 2.24) is 10.3 Å². The van der Waals surface area contributed by atoms with Gasteiger partial charge < -0.3 is 9.73 Å². The summed E-state index contributed by atoms with van der Waals surface area (Å²) in [5.74, 6) is -0.541. The van der Waals surface area contributed by atoms with Gasteiger partial charge >= 0.3 is 5.63 Å². The predicted molar refractivity (Wildman–Crippen MR) is 87.9 cm³/mol. The maximum Gasteiger partial charge on any atom is 0.349 e. The van der Waals surface area contributed by atoms with E-state index in [4.69, 9.17) is 27.6 Å². The number of halogens is 2. The summed E-state index contributed by atoms with van der Waals surface area (Å²) >= 11 is 11.9. The molecule has 0 unspecified atom stereocenters. The highest BCUT2D eigenvalue weighted by molar-refractivity contribution is 6.38. The van der Waals surface area contributed by atoms with Gasteiger partial charge in [0.1, 0.15) is 5.56 Å². The molecule has 1 amide bonds. The monoisotopic (exact) mass is 348 g/mol. The summed E-state index contributed by atoms with van der Waals surface area (Å²) < 4.78 is 5.13. The van der Waals surface area contributed by atoms with Crippen molar-refractivity contribution in [2.24, 2.45) is 0 Å². The van der Waals surface area contributed by atoms with Gasteiger partial charge in [0, 0.05) is 29.3 Å². The number of aromatic nitrogens is 1. The average Bonchev–Trinajstić information content (AvgIpc) is 2.54. The van der Waals surface area contributed by atoms with E-state index in [0.29, 0.717) is 10.4 Å². The van der Waals surface area contributed by atoms with Crippen molar-refractivity contribution < 1.29 is 9.21 Å². The molecule has 0 atom stereocenters. The zero-order valence-electron chi connectivity index (χ0n) is 11.7. The maximum atomic E-state index is 12.2. The lowest BCUT2D eigenvalue weighted by Gasteiger charge is -2.06. The van der Waals surface area contributed by atoms with Gasteiger partial charge in [-0.3, -0.25) is 9.78 Å². The zero-order chi connectivity index (χ0) is 16.4. The van der Waals surface area contributed by atoms with Crippen LogP contribution in [0.5, 0.6) is 0 Å². The molecular weight excluding hydrogens is 339 g/mol. The first-order chi connectivity index (χ1) is 11.0. The Bertz CT molecular complexity index is 939. The van der Waals surface area contributed by atoms with Gasteiger partial charge in [0.05, 0.1) is 5.02 Å². The molecule has 0 saturated heterocycles. The topological polar surface area (TPSA) is 72.2 Å². The quantitative estimate of drug-likeness (QED) is 0.736. The molecule has 0 aliphatic rings. The number of fused-ring (bicyclic) bond motifs is 1. The van der Waals surface area contributed by atoms with E-state index in [1.807, 2.05) is 6.07 Å². The van der Waals surface area contributed by atoms with E-state index >= 15 is 0 Å². The molecule has 0 saturated carbocycles. The van der Waals surface area contributed by atoms with E-state index in [0.717, 1.165) is 5.56 Å². The largest absolute Gasteiger partial charge is 0.421 e. The summed E-state index contributed by atoms with van der Waals surface area (Å²) in [6.45, 7) is 0.250. The molecule has 0 spiro atoms. The van der Waals surface area contributed by atoms with Crippen molar-refractivity contribution in [2.45, 2.75) is 6.54 Å². The number of hydrogen-bond acceptors (Lipinski definition) is 4. The van der Waals surface area contributed by atoms with Crippen LogP contribution in [0.1, 0.15) is 15.9 Å². The second kappa shape index (κ2) is 6.40. The zero-order valence-corrected chi connectivity index (χ0v) is 13.2. The lowest BCUT2D eigenvalue weighted by Crippen LogP contribution is -2.27. The Morgan fingerprint density at radius 3 is 2.83 bits per heavy atom. The van der Waals surface area contributed by atoms with Crippen LogP contribution >= 0.6 is 23.2 Å². The van der Waals surface area contributed by atoms with E-state index in [1.165, 1.54) is 12.1 Å². The fourth-order valence-corrected chi connectivity index (χ4v) is 2.64. The van der Waals surface area contributed by atoms with Gasteiger partial charge in [0.15, 0.2) is 5.58 Å². The van der Waals surface area contributed by atoms with E-state index < -0.39 is 11.5 Å². The molecular formula is C16H10Cl2N2O3. The van der Waals surface area contributed by atoms with Crippen LogP contribution in [0, 0.1) is 0 Å². The Kier molecular flexibility index (Phi) is 4.32. The molecule has 0 aliphatic carbocycles. The first-order valence-electron chi connectivity index (χ1n) is 6.64. The Balaban J connectivity index is 1.91. The number of rotatable bonds is 3. The molecule has 1 aromatic carbocycles. The molecule has 0 aliphatic heterocycles. The molecule has 0 bridgehead atoms. The molecule has 3 rings (SSSR count). The normalized spacial score (nSPS) is 10.7. The molecule has 23 heavy (non-hydrogen) atoms. The molecule has 2 heterocycles. The number of nitrogens with zero attached hydrogens (tertiary/aromatic N) is 1. The van der Waals surface area contributed by atoms with Crippen molar-refractivity contribution in [1.29, 1.82) is 0 Å². The highest BCUT2D eigenvalue weighted by Crippen LogP contribution is 2.27. The minimum absolute atomic E-state index is 0.111. The summed E-state index contributed by atoms with van der Waals surface area (Å²) in [5, 5.41) is 3.73. The van der Waals surface area contributed by atoms with Crippen molar-refractivity contribution >= 4 is 40.1 Å². The maximum absolute atomic E-state index is 12.2. The first kappa shape index (κ1) is 15.5. The summed E-state index contributed by atoms with van der Waals surface area (Å²) in [6, 6.07) is 8.03. The SMILES string of the molecule is O=C(NCc1cccnc1)c1cc2cc(Cl)cc(Cl)c2oc1=O. The number of hydrogen-bond donors (Lipinski definition) is 1. The van der Waals surface area contributed by atoms with Gasteiger partial charge in [0.25, 0.3) is 5.91 Å². The van der Waals surface area contributed by atoms with Crippen molar-refractivity contribution in [3.63, 3.8) is 0 Å². The van der Waals surface area contributed by atoms with Gasteiger partial charge in [-0.05, 0) is 29.8 Å². The fraction of sp³-hybridized carbons (Fsp3) is 0.0625. The first-order valence-corrected chi connectivity index (χ1v) is 7.40. The van der Waals surface area contributed by atoms with Crippen molar-refractivity contribution in [2.75, 3.05) is 0 Å². The lowest BCUT2D eigenvalue weighted by atomic mass is 10.1. The molecule has 5 nitrogen and oxygen atoms in total. The van der Waals surface area contributed by atoms with E-state index in [-0.39, 0.29) is 22.7 Å². The molecule has 116 valence electrons. The number of amides is 1.